The van der Waals surface area contributed by atoms with Gasteiger partial charge >= 0.3 is 6.03 Å². The van der Waals surface area contributed by atoms with Gasteiger partial charge in [0.1, 0.15) is 0 Å². The normalized spacial score (nSPS) is 14.9. The second kappa shape index (κ2) is 8.77. The molecule has 0 aliphatic carbocycles. The zero-order valence-corrected chi connectivity index (χ0v) is 16.6. The number of rotatable bonds is 6. The van der Waals surface area contributed by atoms with Crippen LogP contribution >= 0.6 is 0 Å². The molecule has 0 aromatic heterocycles. The number of nitrogens with one attached hydrogen (secondary N) is 3. The fourth-order valence-electron chi connectivity index (χ4n) is 3.55. The standard InChI is InChI=1S/C22H26N4O3/c1-13-4-3-5-16(10-13)19(26-22(23)29)12-21(28)24-14(2)15-6-8-18-17(11-15)7-9-20(27)25-18/h3-6,8,10-11,14,19H,7,9,12H2,1-2H3,(H,24,28)(H,25,27)(H3,23,26,29). The zero-order chi connectivity index (χ0) is 21.0. The van der Waals surface area contributed by atoms with E-state index in [1.165, 1.54) is 0 Å². The van der Waals surface area contributed by atoms with Crippen molar-refractivity contribution in [3.8, 4) is 0 Å². The summed E-state index contributed by atoms with van der Waals surface area (Å²) in [6, 6.07) is 12.0. The number of nitrogens with two attached hydrogens (primary N) is 1. The minimum absolute atomic E-state index is 0.0238. The van der Waals surface area contributed by atoms with E-state index in [0.717, 1.165) is 27.9 Å². The largest absolute Gasteiger partial charge is 0.352 e. The lowest BCUT2D eigenvalue weighted by atomic mass is 9.97. The summed E-state index contributed by atoms with van der Waals surface area (Å²) in [5, 5.41) is 8.49. The smallest absolute Gasteiger partial charge is 0.312 e. The molecule has 0 bridgehead atoms. The molecule has 2 aromatic rings. The number of hydrogen-bond donors (Lipinski definition) is 4. The molecule has 152 valence electrons. The van der Waals surface area contributed by atoms with E-state index in [4.69, 9.17) is 5.73 Å². The molecule has 0 saturated carbocycles. The fourth-order valence-corrected chi connectivity index (χ4v) is 3.55. The predicted molar refractivity (Wildman–Crippen MR) is 111 cm³/mol. The summed E-state index contributed by atoms with van der Waals surface area (Å²) in [4.78, 5) is 35.6. The Kier molecular flexibility index (Phi) is 6.16. The van der Waals surface area contributed by atoms with Crippen LogP contribution in [0, 0.1) is 6.92 Å². The number of benzene rings is 2. The van der Waals surface area contributed by atoms with Crippen LogP contribution in [0.4, 0.5) is 10.5 Å². The van der Waals surface area contributed by atoms with Crippen molar-refractivity contribution >= 4 is 23.5 Å². The Balaban J connectivity index is 1.68. The van der Waals surface area contributed by atoms with Crippen molar-refractivity contribution < 1.29 is 14.4 Å². The minimum atomic E-state index is -0.672. The summed E-state index contributed by atoms with van der Waals surface area (Å²) < 4.78 is 0. The maximum atomic E-state index is 12.6. The van der Waals surface area contributed by atoms with Gasteiger partial charge in [0, 0.05) is 12.1 Å². The predicted octanol–water partition coefficient (Wildman–Crippen LogP) is 2.86. The molecular weight excluding hydrogens is 368 g/mol. The van der Waals surface area contributed by atoms with Crippen molar-refractivity contribution in [2.45, 2.75) is 45.2 Å². The van der Waals surface area contributed by atoms with E-state index < -0.39 is 12.1 Å². The molecule has 0 radical (unpaired) electrons. The summed E-state index contributed by atoms with van der Waals surface area (Å²) in [6.07, 6.45) is 1.24. The highest BCUT2D eigenvalue weighted by atomic mass is 16.2. The maximum Gasteiger partial charge on any atom is 0.312 e. The second-order valence-electron chi connectivity index (χ2n) is 7.43. The molecule has 1 aliphatic rings. The molecule has 4 amide bonds. The number of primary amides is 1. The number of aryl methyl sites for hydroxylation is 2. The highest BCUT2D eigenvalue weighted by Gasteiger charge is 2.20. The van der Waals surface area contributed by atoms with E-state index in [1.54, 1.807) is 0 Å². The first-order chi connectivity index (χ1) is 13.8. The zero-order valence-electron chi connectivity index (χ0n) is 16.6. The molecule has 7 heteroatoms. The molecule has 5 N–H and O–H groups in total. The lowest BCUT2D eigenvalue weighted by Crippen LogP contribution is -2.37. The molecule has 1 heterocycles. The first-order valence-corrected chi connectivity index (χ1v) is 9.66. The number of hydrogen-bond acceptors (Lipinski definition) is 3. The van der Waals surface area contributed by atoms with Crippen LogP contribution in [-0.4, -0.2) is 17.8 Å². The van der Waals surface area contributed by atoms with Crippen LogP contribution in [0.5, 0.6) is 0 Å². The van der Waals surface area contributed by atoms with Crippen LogP contribution in [0.3, 0.4) is 0 Å². The first-order valence-electron chi connectivity index (χ1n) is 9.66. The Morgan fingerprint density at radius 3 is 2.62 bits per heavy atom. The molecule has 2 aromatic carbocycles. The van der Waals surface area contributed by atoms with E-state index in [-0.39, 0.29) is 24.3 Å². The van der Waals surface area contributed by atoms with Gasteiger partial charge in [-0.2, -0.15) is 0 Å². The molecule has 2 unspecified atom stereocenters. The van der Waals surface area contributed by atoms with Crippen molar-refractivity contribution in [3.63, 3.8) is 0 Å². The van der Waals surface area contributed by atoms with Crippen LogP contribution < -0.4 is 21.7 Å². The van der Waals surface area contributed by atoms with Gasteiger partial charge in [-0.05, 0) is 43.0 Å². The summed E-state index contributed by atoms with van der Waals surface area (Å²) in [6.45, 7) is 3.86. The third-order valence-corrected chi connectivity index (χ3v) is 5.05. The molecule has 1 aliphatic heterocycles. The second-order valence-corrected chi connectivity index (χ2v) is 7.43. The van der Waals surface area contributed by atoms with Gasteiger partial charge in [0.25, 0.3) is 0 Å². The average molecular weight is 394 g/mol. The Morgan fingerprint density at radius 2 is 1.90 bits per heavy atom. The molecule has 2 atom stereocenters. The third kappa shape index (κ3) is 5.34. The molecule has 0 fully saturated rings. The number of anilines is 1. The number of amides is 4. The van der Waals surface area contributed by atoms with Gasteiger partial charge in [-0.15, -0.1) is 0 Å². The Morgan fingerprint density at radius 1 is 1.10 bits per heavy atom. The monoisotopic (exact) mass is 394 g/mol. The van der Waals surface area contributed by atoms with E-state index >= 15 is 0 Å². The minimum Gasteiger partial charge on any atom is -0.352 e. The van der Waals surface area contributed by atoms with Crippen LogP contribution in [0.2, 0.25) is 0 Å². The highest BCUT2D eigenvalue weighted by Crippen LogP contribution is 2.26. The Bertz CT molecular complexity index is 941. The number of carbonyl (C=O) groups is 3. The van der Waals surface area contributed by atoms with Gasteiger partial charge in [-0.1, -0.05) is 42.0 Å². The van der Waals surface area contributed by atoms with Crippen molar-refractivity contribution in [2.24, 2.45) is 5.73 Å². The van der Waals surface area contributed by atoms with Gasteiger partial charge < -0.3 is 21.7 Å². The molecular formula is C22H26N4O3. The van der Waals surface area contributed by atoms with E-state index in [1.807, 2.05) is 56.3 Å². The number of carbonyl (C=O) groups excluding carboxylic acids is 3. The molecule has 29 heavy (non-hydrogen) atoms. The van der Waals surface area contributed by atoms with E-state index in [2.05, 4.69) is 16.0 Å². The Hall–Kier alpha value is -3.35. The van der Waals surface area contributed by atoms with Crippen molar-refractivity contribution in [1.29, 1.82) is 0 Å². The van der Waals surface area contributed by atoms with Gasteiger partial charge in [0.05, 0.1) is 18.5 Å². The maximum absolute atomic E-state index is 12.6. The van der Waals surface area contributed by atoms with Gasteiger partial charge in [0.15, 0.2) is 0 Å². The van der Waals surface area contributed by atoms with Crippen molar-refractivity contribution in [2.75, 3.05) is 5.32 Å². The molecule has 0 spiro atoms. The van der Waals surface area contributed by atoms with Crippen LogP contribution in [-0.2, 0) is 16.0 Å². The molecule has 0 saturated heterocycles. The van der Waals surface area contributed by atoms with E-state index in [0.29, 0.717) is 12.8 Å². The quantitative estimate of drug-likeness (QED) is 0.604. The first kappa shape index (κ1) is 20.4. The number of fused-ring (bicyclic) bond motifs is 1. The Labute approximate surface area is 170 Å². The summed E-state index contributed by atoms with van der Waals surface area (Å²) >= 11 is 0. The molecule has 3 rings (SSSR count). The van der Waals surface area contributed by atoms with Crippen molar-refractivity contribution in [3.05, 3.63) is 64.7 Å². The summed E-state index contributed by atoms with van der Waals surface area (Å²) in [5.74, 6) is -0.167. The van der Waals surface area contributed by atoms with E-state index in [9.17, 15) is 14.4 Å². The fraction of sp³-hybridized carbons (Fsp3) is 0.318. The lowest BCUT2D eigenvalue weighted by molar-refractivity contribution is -0.122. The topological polar surface area (TPSA) is 113 Å². The SMILES string of the molecule is Cc1cccc(C(CC(=O)NC(C)c2ccc3c(c2)CCC(=O)N3)NC(N)=O)c1. The van der Waals surface area contributed by atoms with Crippen LogP contribution in [0.15, 0.2) is 42.5 Å². The van der Waals surface area contributed by atoms with Crippen LogP contribution in [0.1, 0.15) is 54.1 Å². The average Bonchev–Trinajstić information content (AvgIpc) is 2.66. The van der Waals surface area contributed by atoms with Crippen molar-refractivity contribution in [1.82, 2.24) is 10.6 Å². The molecule has 7 nitrogen and oxygen atoms in total. The summed E-state index contributed by atoms with van der Waals surface area (Å²) in [5.41, 5.74) is 10.0. The van der Waals surface area contributed by atoms with Crippen LogP contribution in [0.25, 0.3) is 0 Å². The third-order valence-electron chi connectivity index (χ3n) is 5.05. The summed E-state index contributed by atoms with van der Waals surface area (Å²) in [7, 11) is 0. The van der Waals surface area contributed by atoms with Gasteiger partial charge in [-0.3, -0.25) is 9.59 Å². The highest BCUT2D eigenvalue weighted by molar-refractivity contribution is 5.93. The van der Waals surface area contributed by atoms with Gasteiger partial charge in [-0.25, -0.2) is 4.79 Å². The van der Waals surface area contributed by atoms with Gasteiger partial charge in [0.2, 0.25) is 11.8 Å². The number of urea groups is 1. The lowest BCUT2D eigenvalue weighted by Gasteiger charge is -2.22.